The summed E-state index contributed by atoms with van der Waals surface area (Å²) in [6.45, 7) is 9.16. The van der Waals surface area contributed by atoms with Gasteiger partial charge in [0.05, 0.1) is 0 Å². The average molecular weight is 264 g/mol. The minimum absolute atomic E-state index is 0.202. The van der Waals surface area contributed by atoms with Gasteiger partial charge in [0.15, 0.2) is 0 Å². The first kappa shape index (κ1) is 13.9. The predicted octanol–water partition coefficient (Wildman–Crippen LogP) is 2.50. The summed E-state index contributed by atoms with van der Waals surface area (Å²) in [6, 6.07) is 8.96. The van der Waals surface area contributed by atoms with Crippen LogP contribution in [0, 0.1) is 5.92 Å². The smallest absolute Gasteiger partial charge is 0.00693 e. The lowest BCUT2D eigenvalue weighted by Gasteiger charge is -2.31. The third-order valence-corrected chi connectivity index (χ3v) is 4.48. The Bertz CT molecular complexity index is 369. The van der Waals surface area contributed by atoms with Gasteiger partial charge < -0.3 is 10.6 Å². The molecule has 1 aliphatic heterocycles. The van der Waals surface area contributed by atoms with Crippen LogP contribution >= 0.6 is 11.8 Å². The lowest BCUT2D eigenvalue weighted by molar-refractivity contribution is 0.319. The van der Waals surface area contributed by atoms with Crippen LogP contribution < -0.4 is 10.6 Å². The summed E-state index contributed by atoms with van der Waals surface area (Å²) in [5.74, 6) is 0.833. The molecule has 1 saturated heterocycles. The Hall–Kier alpha value is -0.510. The number of rotatable bonds is 6. The summed E-state index contributed by atoms with van der Waals surface area (Å²) in [6.07, 6.45) is 2.12. The van der Waals surface area contributed by atoms with E-state index in [0.29, 0.717) is 0 Å². The molecule has 0 unspecified atom stereocenters. The molecule has 0 saturated carbocycles. The monoisotopic (exact) mass is 264 g/mol. The van der Waals surface area contributed by atoms with Gasteiger partial charge in [0.1, 0.15) is 0 Å². The van der Waals surface area contributed by atoms with Crippen LogP contribution in [0.2, 0.25) is 0 Å². The highest BCUT2D eigenvalue weighted by molar-refractivity contribution is 7.98. The summed E-state index contributed by atoms with van der Waals surface area (Å²) in [5, 5.41) is 6.92. The Morgan fingerprint density at radius 3 is 2.44 bits per heavy atom. The molecule has 3 heteroatoms. The quantitative estimate of drug-likeness (QED) is 0.772. The summed E-state index contributed by atoms with van der Waals surface area (Å²) >= 11 is 1.80. The molecule has 1 heterocycles. The Morgan fingerprint density at radius 1 is 1.28 bits per heavy atom. The van der Waals surface area contributed by atoms with Crippen molar-refractivity contribution in [3.8, 4) is 0 Å². The van der Waals surface area contributed by atoms with Crippen molar-refractivity contribution < 1.29 is 0 Å². The van der Waals surface area contributed by atoms with Crippen LogP contribution in [0.15, 0.2) is 29.2 Å². The van der Waals surface area contributed by atoms with Gasteiger partial charge in [-0.05, 0) is 29.9 Å². The van der Waals surface area contributed by atoms with E-state index >= 15 is 0 Å². The fourth-order valence-electron chi connectivity index (χ4n) is 2.23. The fraction of sp³-hybridized carbons (Fsp3) is 0.600. The predicted molar refractivity (Wildman–Crippen MR) is 80.5 cm³/mol. The average Bonchev–Trinajstić information content (AvgIpc) is 2.32. The Kier molecular flexibility index (Phi) is 4.71. The number of thioether (sulfide) groups is 1. The molecule has 0 bridgehead atoms. The third kappa shape index (κ3) is 3.50. The van der Waals surface area contributed by atoms with Crippen LogP contribution in [-0.4, -0.2) is 32.4 Å². The van der Waals surface area contributed by atoms with Crippen molar-refractivity contribution in [3.05, 3.63) is 29.8 Å². The zero-order valence-electron chi connectivity index (χ0n) is 11.6. The van der Waals surface area contributed by atoms with Crippen LogP contribution in [0.5, 0.6) is 0 Å². The highest BCUT2D eigenvalue weighted by atomic mass is 32.2. The van der Waals surface area contributed by atoms with E-state index in [1.165, 1.54) is 23.5 Å². The molecule has 0 atom stereocenters. The van der Waals surface area contributed by atoms with E-state index in [-0.39, 0.29) is 5.41 Å². The largest absolute Gasteiger partial charge is 0.316 e. The van der Waals surface area contributed by atoms with Crippen molar-refractivity contribution in [1.29, 1.82) is 0 Å². The van der Waals surface area contributed by atoms with E-state index < -0.39 is 0 Å². The lowest BCUT2D eigenvalue weighted by Crippen LogP contribution is -2.48. The zero-order chi connectivity index (χ0) is 13.0. The van der Waals surface area contributed by atoms with Gasteiger partial charge in [-0.3, -0.25) is 0 Å². The molecule has 0 amide bonds. The molecule has 0 spiro atoms. The van der Waals surface area contributed by atoms with Gasteiger partial charge in [-0.1, -0.05) is 26.0 Å². The highest BCUT2D eigenvalue weighted by Gasteiger charge is 2.22. The minimum atomic E-state index is 0.202. The molecule has 18 heavy (non-hydrogen) atoms. The van der Waals surface area contributed by atoms with E-state index in [9.17, 15) is 0 Å². The van der Waals surface area contributed by atoms with E-state index in [0.717, 1.165) is 19.0 Å². The van der Waals surface area contributed by atoms with Gasteiger partial charge in [0.25, 0.3) is 0 Å². The lowest BCUT2D eigenvalue weighted by atomic mass is 9.84. The first-order valence-electron chi connectivity index (χ1n) is 6.68. The number of benzene rings is 1. The van der Waals surface area contributed by atoms with E-state index in [1.807, 2.05) is 0 Å². The Labute approximate surface area is 115 Å². The van der Waals surface area contributed by atoms with Crippen molar-refractivity contribution in [3.63, 3.8) is 0 Å². The molecule has 0 radical (unpaired) electrons. The molecular formula is C15H24N2S. The van der Waals surface area contributed by atoms with Gasteiger partial charge >= 0.3 is 0 Å². The van der Waals surface area contributed by atoms with E-state index in [2.05, 4.69) is 55.0 Å². The van der Waals surface area contributed by atoms with Gasteiger partial charge in [-0.2, -0.15) is 0 Å². The van der Waals surface area contributed by atoms with Crippen LogP contribution in [-0.2, 0) is 5.41 Å². The topological polar surface area (TPSA) is 24.1 Å². The molecule has 2 nitrogen and oxygen atoms in total. The van der Waals surface area contributed by atoms with Crippen LogP contribution in [0.3, 0.4) is 0 Å². The number of hydrogen-bond acceptors (Lipinski definition) is 3. The molecule has 1 aromatic rings. The van der Waals surface area contributed by atoms with Crippen LogP contribution in [0.1, 0.15) is 19.4 Å². The minimum Gasteiger partial charge on any atom is -0.316 e. The summed E-state index contributed by atoms with van der Waals surface area (Å²) in [7, 11) is 0. The van der Waals surface area contributed by atoms with Crippen LogP contribution in [0.25, 0.3) is 0 Å². The molecule has 1 fully saturated rings. The Morgan fingerprint density at radius 2 is 1.94 bits per heavy atom. The summed E-state index contributed by atoms with van der Waals surface area (Å²) in [4.78, 5) is 1.34. The second-order valence-electron chi connectivity index (χ2n) is 5.77. The zero-order valence-corrected chi connectivity index (χ0v) is 12.4. The number of hydrogen-bond donors (Lipinski definition) is 2. The molecule has 0 aromatic heterocycles. The van der Waals surface area contributed by atoms with Crippen molar-refractivity contribution in [2.24, 2.45) is 5.92 Å². The molecule has 1 aromatic carbocycles. The molecule has 100 valence electrons. The van der Waals surface area contributed by atoms with Crippen LogP contribution in [0.4, 0.5) is 0 Å². The molecule has 0 aliphatic carbocycles. The standard InChI is InChI=1S/C15H24N2S/c1-15(2,11-17-10-12-8-16-9-12)13-4-6-14(18-3)7-5-13/h4-7,12,16-17H,8-11H2,1-3H3. The fourth-order valence-corrected chi connectivity index (χ4v) is 2.63. The molecule has 1 aliphatic rings. The van der Waals surface area contributed by atoms with Gasteiger partial charge in [-0.15, -0.1) is 11.8 Å². The first-order chi connectivity index (χ1) is 8.62. The first-order valence-corrected chi connectivity index (χ1v) is 7.90. The second-order valence-corrected chi connectivity index (χ2v) is 6.65. The maximum absolute atomic E-state index is 3.61. The maximum atomic E-state index is 3.61. The number of nitrogens with one attached hydrogen (secondary N) is 2. The third-order valence-electron chi connectivity index (χ3n) is 3.74. The van der Waals surface area contributed by atoms with E-state index in [1.54, 1.807) is 11.8 Å². The van der Waals surface area contributed by atoms with Crippen molar-refractivity contribution in [2.75, 3.05) is 32.4 Å². The molecule has 2 rings (SSSR count). The van der Waals surface area contributed by atoms with Crippen molar-refractivity contribution in [1.82, 2.24) is 10.6 Å². The van der Waals surface area contributed by atoms with Gasteiger partial charge in [-0.25, -0.2) is 0 Å². The normalized spacial score (nSPS) is 16.6. The second kappa shape index (κ2) is 6.09. The summed E-state index contributed by atoms with van der Waals surface area (Å²) < 4.78 is 0. The van der Waals surface area contributed by atoms with Gasteiger partial charge in [0.2, 0.25) is 0 Å². The van der Waals surface area contributed by atoms with Gasteiger partial charge in [0, 0.05) is 36.5 Å². The summed E-state index contributed by atoms with van der Waals surface area (Å²) in [5.41, 5.74) is 1.62. The maximum Gasteiger partial charge on any atom is 0.00693 e. The molecule has 2 N–H and O–H groups in total. The van der Waals surface area contributed by atoms with E-state index in [4.69, 9.17) is 0 Å². The SMILES string of the molecule is CSc1ccc(C(C)(C)CNCC2CNC2)cc1. The Balaban J connectivity index is 1.86. The van der Waals surface area contributed by atoms with Crippen molar-refractivity contribution in [2.45, 2.75) is 24.2 Å². The molecular weight excluding hydrogens is 240 g/mol. The van der Waals surface area contributed by atoms with Crippen molar-refractivity contribution >= 4 is 11.8 Å². The highest BCUT2D eigenvalue weighted by Crippen LogP contribution is 2.25.